The molecule has 9 nitrogen and oxygen atoms in total. The Balaban J connectivity index is 0.00000306. The molecule has 180 valence electrons. The summed E-state index contributed by atoms with van der Waals surface area (Å²) >= 11 is 0. The second-order valence-electron chi connectivity index (χ2n) is 7.92. The topological polar surface area (TPSA) is 88.9 Å². The van der Waals surface area contributed by atoms with Crippen molar-refractivity contribution in [3.8, 4) is 11.5 Å². The number of guanidine groups is 1. The molecule has 4 rings (SSSR count). The van der Waals surface area contributed by atoms with Crippen molar-refractivity contribution in [2.75, 3.05) is 47.5 Å². The molecular formula is C23H33IN6O3. The zero-order chi connectivity index (χ0) is 22.5. The van der Waals surface area contributed by atoms with Crippen LogP contribution in [0.2, 0.25) is 0 Å². The fraction of sp³-hybridized carbons (Fsp3) is 0.478. The normalized spacial score (nSPS) is 16.5. The van der Waals surface area contributed by atoms with Gasteiger partial charge in [0.2, 0.25) is 0 Å². The predicted molar refractivity (Wildman–Crippen MR) is 140 cm³/mol. The smallest absolute Gasteiger partial charge is 0.193 e. The largest absolute Gasteiger partial charge is 0.497 e. The number of aromatic nitrogens is 3. The number of aryl methyl sites for hydroxylation is 2. The molecule has 1 aliphatic heterocycles. The maximum absolute atomic E-state index is 5.95. The Bertz CT molecular complexity index is 1080. The lowest BCUT2D eigenvalue weighted by Gasteiger charge is -2.34. The van der Waals surface area contributed by atoms with Crippen molar-refractivity contribution in [3.05, 3.63) is 41.9 Å². The van der Waals surface area contributed by atoms with Gasteiger partial charge in [-0.05, 0) is 18.9 Å². The highest BCUT2D eigenvalue weighted by molar-refractivity contribution is 14.0. The predicted octanol–water partition coefficient (Wildman–Crippen LogP) is 3.12. The molecule has 1 aliphatic rings. The van der Waals surface area contributed by atoms with Gasteiger partial charge >= 0.3 is 0 Å². The van der Waals surface area contributed by atoms with Crippen molar-refractivity contribution in [1.29, 1.82) is 0 Å². The van der Waals surface area contributed by atoms with Crippen molar-refractivity contribution in [1.82, 2.24) is 25.0 Å². The fourth-order valence-electron chi connectivity index (χ4n) is 4.12. The minimum Gasteiger partial charge on any atom is -0.497 e. The maximum Gasteiger partial charge on any atom is 0.193 e. The van der Waals surface area contributed by atoms with E-state index in [2.05, 4.69) is 31.4 Å². The van der Waals surface area contributed by atoms with Gasteiger partial charge in [0.05, 0.1) is 39.1 Å². The monoisotopic (exact) mass is 568 g/mol. The number of morpholine rings is 1. The van der Waals surface area contributed by atoms with Gasteiger partial charge < -0.3 is 29.4 Å². The summed E-state index contributed by atoms with van der Waals surface area (Å²) in [6.07, 6.45) is 5.78. The summed E-state index contributed by atoms with van der Waals surface area (Å²) in [6, 6.07) is 6.06. The minimum atomic E-state index is 0. The molecule has 2 N–H and O–H groups in total. The van der Waals surface area contributed by atoms with Crippen molar-refractivity contribution < 1.29 is 14.2 Å². The van der Waals surface area contributed by atoms with Crippen LogP contribution >= 0.6 is 24.0 Å². The third kappa shape index (κ3) is 5.91. The first kappa shape index (κ1) is 25.2. The second kappa shape index (κ2) is 11.6. The quantitative estimate of drug-likeness (QED) is 0.197. The number of halogens is 1. The molecular weight excluding hydrogens is 535 g/mol. The Hall–Kier alpha value is -2.47. The third-order valence-corrected chi connectivity index (χ3v) is 5.77. The van der Waals surface area contributed by atoms with Gasteiger partial charge in [-0.15, -0.1) is 24.0 Å². The average Bonchev–Trinajstić information content (AvgIpc) is 3.44. The van der Waals surface area contributed by atoms with E-state index < -0.39 is 0 Å². The van der Waals surface area contributed by atoms with E-state index >= 15 is 0 Å². The van der Waals surface area contributed by atoms with E-state index in [0.29, 0.717) is 6.61 Å². The maximum atomic E-state index is 5.95. The molecule has 1 saturated heterocycles. The average molecular weight is 568 g/mol. The number of aliphatic imine (C=N–C) groups is 1. The lowest BCUT2D eigenvalue weighted by atomic mass is 10.1. The van der Waals surface area contributed by atoms with Crippen LogP contribution in [0.3, 0.4) is 0 Å². The van der Waals surface area contributed by atoms with Crippen molar-refractivity contribution in [2.24, 2.45) is 12.0 Å². The van der Waals surface area contributed by atoms with Crippen LogP contribution in [0, 0.1) is 0 Å². The van der Waals surface area contributed by atoms with Crippen molar-refractivity contribution in [2.45, 2.75) is 18.9 Å². The van der Waals surface area contributed by atoms with Gasteiger partial charge in [-0.1, -0.05) is 0 Å². The number of nitrogens with one attached hydrogen (secondary N) is 2. The second-order valence-corrected chi connectivity index (χ2v) is 7.92. The van der Waals surface area contributed by atoms with Crippen molar-refractivity contribution in [3.63, 3.8) is 0 Å². The number of ether oxygens (including phenoxy) is 3. The SMILES string of the molecule is CN=C(NCCCc1cc2c(OC)cc(OC)cc2[nH]1)N1CCOC(c2cnn(C)c2)C1.I. The first-order chi connectivity index (χ1) is 15.6. The molecule has 0 amide bonds. The van der Waals surface area contributed by atoms with E-state index in [1.54, 1.807) is 18.9 Å². The van der Waals surface area contributed by atoms with E-state index in [4.69, 9.17) is 14.2 Å². The van der Waals surface area contributed by atoms with Gasteiger partial charge in [0.25, 0.3) is 0 Å². The van der Waals surface area contributed by atoms with Gasteiger partial charge in [-0.25, -0.2) is 0 Å². The molecule has 10 heteroatoms. The number of hydrogen-bond acceptors (Lipinski definition) is 5. The molecule has 0 spiro atoms. The summed E-state index contributed by atoms with van der Waals surface area (Å²) in [5, 5.41) is 8.84. The van der Waals surface area contributed by atoms with Crippen LogP contribution in [-0.2, 0) is 18.2 Å². The number of aromatic amines is 1. The highest BCUT2D eigenvalue weighted by Gasteiger charge is 2.25. The Morgan fingerprint density at radius 3 is 2.85 bits per heavy atom. The van der Waals surface area contributed by atoms with Crippen molar-refractivity contribution >= 4 is 40.8 Å². The molecule has 1 unspecified atom stereocenters. The zero-order valence-electron chi connectivity index (χ0n) is 19.6. The fourth-order valence-corrected chi connectivity index (χ4v) is 4.12. The molecule has 0 bridgehead atoms. The lowest BCUT2D eigenvalue weighted by Crippen LogP contribution is -2.48. The third-order valence-electron chi connectivity index (χ3n) is 5.77. The Morgan fingerprint density at radius 1 is 1.30 bits per heavy atom. The number of benzene rings is 1. The van der Waals surface area contributed by atoms with Crippen LogP contribution in [0.4, 0.5) is 0 Å². The molecule has 3 aromatic rings. The summed E-state index contributed by atoms with van der Waals surface area (Å²) in [6.45, 7) is 3.08. The van der Waals surface area contributed by atoms with E-state index in [1.165, 1.54) is 5.69 Å². The summed E-state index contributed by atoms with van der Waals surface area (Å²) < 4.78 is 18.6. The van der Waals surface area contributed by atoms with Gasteiger partial charge in [0.1, 0.15) is 17.6 Å². The molecule has 1 fully saturated rings. The van der Waals surface area contributed by atoms with Gasteiger partial charge in [0, 0.05) is 62.2 Å². The molecule has 0 aliphatic carbocycles. The number of hydrogen-bond donors (Lipinski definition) is 2. The summed E-state index contributed by atoms with van der Waals surface area (Å²) in [4.78, 5) is 10.2. The van der Waals surface area contributed by atoms with Gasteiger partial charge in [-0.3, -0.25) is 9.67 Å². The molecule has 33 heavy (non-hydrogen) atoms. The zero-order valence-corrected chi connectivity index (χ0v) is 22.0. The van der Waals surface area contributed by atoms with Gasteiger partial charge in [0.15, 0.2) is 5.96 Å². The van der Waals surface area contributed by atoms with Crippen LogP contribution in [0.25, 0.3) is 10.9 Å². The number of methoxy groups -OCH3 is 2. The Kier molecular flexibility index (Phi) is 8.84. The Morgan fingerprint density at radius 2 is 2.15 bits per heavy atom. The Labute approximate surface area is 211 Å². The van der Waals surface area contributed by atoms with Crippen LogP contribution in [-0.4, -0.2) is 73.1 Å². The summed E-state index contributed by atoms with van der Waals surface area (Å²) in [5.74, 6) is 2.50. The highest BCUT2D eigenvalue weighted by Crippen LogP contribution is 2.31. The van der Waals surface area contributed by atoms with E-state index in [9.17, 15) is 0 Å². The summed E-state index contributed by atoms with van der Waals surface area (Å²) in [7, 11) is 7.09. The lowest BCUT2D eigenvalue weighted by molar-refractivity contribution is -0.00801. The highest BCUT2D eigenvalue weighted by atomic mass is 127. The first-order valence-electron chi connectivity index (χ1n) is 10.9. The molecule has 3 heterocycles. The summed E-state index contributed by atoms with van der Waals surface area (Å²) in [5.41, 5.74) is 3.29. The van der Waals surface area contributed by atoms with E-state index in [0.717, 1.165) is 66.4 Å². The number of H-pyrrole nitrogens is 1. The molecule has 1 aromatic carbocycles. The molecule has 1 atom stereocenters. The molecule has 0 radical (unpaired) electrons. The van der Waals surface area contributed by atoms with Crippen LogP contribution in [0.15, 0.2) is 35.6 Å². The van der Waals surface area contributed by atoms with Crippen LogP contribution < -0.4 is 14.8 Å². The van der Waals surface area contributed by atoms with E-state index in [1.807, 2.05) is 38.6 Å². The number of rotatable bonds is 7. The first-order valence-corrected chi connectivity index (χ1v) is 10.9. The van der Waals surface area contributed by atoms with Crippen LogP contribution in [0.5, 0.6) is 11.5 Å². The van der Waals surface area contributed by atoms with E-state index in [-0.39, 0.29) is 30.1 Å². The molecule has 0 saturated carbocycles. The van der Waals surface area contributed by atoms with Crippen LogP contribution in [0.1, 0.15) is 23.8 Å². The standard InChI is InChI=1S/C23H32N6O3.HI/c1-24-23(29-8-9-32-22(15-29)16-13-26-28(2)14-16)25-7-5-6-17-10-19-20(27-17)11-18(30-3)12-21(19)31-4;/h10-14,22,27H,5-9,15H2,1-4H3,(H,24,25);1H. The van der Waals surface area contributed by atoms with Gasteiger partial charge in [-0.2, -0.15) is 5.10 Å². The number of fused-ring (bicyclic) bond motifs is 1. The number of nitrogens with zero attached hydrogens (tertiary/aromatic N) is 4. The minimum absolute atomic E-state index is 0. The molecule has 2 aromatic heterocycles.